The smallest absolute Gasteiger partial charge is 0.319 e. The predicted molar refractivity (Wildman–Crippen MR) is 66.2 cm³/mol. The second kappa shape index (κ2) is 6.12. The number of hydrogen-bond donors (Lipinski definition) is 1. The van der Waals surface area contributed by atoms with E-state index in [9.17, 15) is 8.78 Å². The molecule has 0 amide bonds. The molecule has 1 N–H and O–H groups in total. The van der Waals surface area contributed by atoms with Crippen molar-refractivity contribution in [3.63, 3.8) is 0 Å². The van der Waals surface area contributed by atoms with Gasteiger partial charge < -0.3 is 10.1 Å². The summed E-state index contributed by atoms with van der Waals surface area (Å²) >= 11 is 0. The maximum atomic E-state index is 12.6. The number of halogens is 2. The first-order valence-electron chi connectivity index (χ1n) is 5.83. The molecule has 102 valence electrons. The van der Waals surface area contributed by atoms with Crippen LogP contribution in [0.3, 0.4) is 0 Å². The first-order valence-corrected chi connectivity index (χ1v) is 5.83. The van der Waals surface area contributed by atoms with Crippen LogP contribution in [0.5, 0.6) is 5.88 Å². The topological polar surface area (TPSA) is 52.0 Å². The van der Waals surface area contributed by atoms with Crippen molar-refractivity contribution in [1.29, 1.82) is 0 Å². The number of aromatic nitrogens is 3. The Morgan fingerprint density at radius 3 is 2.84 bits per heavy atom. The van der Waals surface area contributed by atoms with Crippen molar-refractivity contribution >= 4 is 5.69 Å². The van der Waals surface area contributed by atoms with Gasteiger partial charge in [-0.1, -0.05) is 0 Å². The fraction of sp³-hybridized carbons (Fsp3) is 0.333. The number of imidazole rings is 1. The third kappa shape index (κ3) is 3.40. The largest absolute Gasteiger partial charge is 0.478 e. The quantitative estimate of drug-likeness (QED) is 0.875. The third-order valence-electron chi connectivity index (χ3n) is 2.44. The lowest BCUT2D eigenvalue weighted by molar-refractivity contribution is 0.0673. The molecule has 0 spiro atoms. The van der Waals surface area contributed by atoms with Gasteiger partial charge in [0.25, 0.3) is 0 Å². The molecule has 0 saturated heterocycles. The molecule has 0 unspecified atom stereocenters. The summed E-state index contributed by atoms with van der Waals surface area (Å²) in [6.45, 7) is 0.0362. The molecule has 0 fully saturated rings. The van der Waals surface area contributed by atoms with Gasteiger partial charge in [0.2, 0.25) is 5.88 Å². The molecule has 0 aliphatic carbocycles. The van der Waals surface area contributed by atoms with Crippen molar-refractivity contribution in [2.45, 2.75) is 20.0 Å². The van der Waals surface area contributed by atoms with Crippen molar-refractivity contribution in [1.82, 2.24) is 14.5 Å². The lowest BCUT2D eigenvalue weighted by atomic mass is 10.4. The molecule has 5 nitrogen and oxygen atoms in total. The van der Waals surface area contributed by atoms with E-state index in [4.69, 9.17) is 4.74 Å². The molecule has 0 saturated carbocycles. The van der Waals surface area contributed by atoms with Crippen LogP contribution in [0.4, 0.5) is 14.5 Å². The number of ether oxygens (including phenoxy) is 1. The molecule has 7 heteroatoms. The minimum absolute atomic E-state index is 0.201. The van der Waals surface area contributed by atoms with Crippen LogP contribution < -0.4 is 10.1 Å². The van der Waals surface area contributed by atoms with Gasteiger partial charge in [-0.05, 0) is 13.0 Å². The van der Waals surface area contributed by atoms with E-state index in [1.807, 2.05) is 6.92 Å². The van der Waals surface area contributed by atoms with Gasteiger partial charge in [-0.15, -0.1) is 0 Å². The van der Waals surface area contributed by atoms with Crippen molar-refractivity contribution in [3.05, 3.63) is 36.5 Å². The molecule has 2 rings (SSSR count). The van der Waals surface area contributed by atoms with Crippen LogP contribution in [0.25, 0.3) is 0 Å². The van der Waals surface area contributed by atoms with Gasteiger partial charge in [-0.25, -0.2) is 9.97 Å². The highest BCUT2D eigenvalue weighted by molar-refractivity contribution is 5.42. The Labute approximate surface area is 109 Å². The van der Waals surface area contributed by atoms with Crippen LogP contribution in [-0.2, 0) is 6.54 Å². The summed E-state index contributed by atoms with van der Waals surface area (Å²) in [5.41, 5.74) is 0.715. The van der Waals surface area contributed by atoms with Gasteiger partial charge in [0, 0.05) is 18.5 Å². The highest BCUT2D eigenvalue weighted by Gasteiger charge is 2.10. The van der Waals surface area contributed by atoms with Gasteiger partial charge in [0.1, 0.15) is 5.82 Å². The molecule has 0 aromatic carbocycles. The highest BCUT2D eigenvalue weighted by atomic mass is 19.3. The zero-order valence-corrected chi connectivity index (χ0v) is 10.4. The summed E-state index contributed by atoms with van der Waals surface area (Å²) in [5.74, 6) is 0.797. The lowest BCUT2D eigenvalue weighted by Crippen LogP contribution is -2.09. The Balaban J connectivity index is 1.96. The van der Waals surface area contributed by atoms with Crippen molar-refractivity contribution < 1.29 is 13.5 Å². The molecule has 0 aliphatic heterocycles. The van der Waals surface area contributed by atoms with E-state index in [1.54, 1.807) is 18.3 Å². The summed E-state index contributed by atoms with van der Waals surface area (Å²) in [6.07, 6.45) is 4.18. The zero-order valence-electron chi connectivity index (χ0n) is 10.4. The first-order chi connectivity index (χ1) is 9.20. The van der Waals surface area contributed by atoms with Gasteiger partial charge in [-0.2, -0.15) is 8.78 Å². The highest BCUT2D eigenvalue weighted by Crippen LogP contribution is 2.15. The van der Waals surface area contributed by atoms with Gasteiger partial charge in [-0.3, -0.25) is 4.57 Å². The number of nitrogens with one attached hydrogen (secondary N) is 1. The number of anilines is 1. The average molecular weight is 268 g/mol. The summed E-state index contributed by atoms with van der Waals surface area (Å²) in [5, 5.41) is 2.98. The van der Waals surface area contributed by atoms with Gasteiger partial charge in [0.05, 0.1) is 25.0 Å². The zero-order chi connectivity index (χ0) is 13.7. The maximum Gasteiger partial charge on any atom is 0.319 e. The van der Waals surface area contributed by atoms with Gasteiger partial charge in [0.15, 0.2) is 0 Å². The fourth-order valence-corrected chi connectivity index (χ4v) is 1.56. The summed E-state index contributed by atoms with van der Waals surface area (Å²) in [6, 6.07) is 3.49. The van der Waals surface area contributed by atoms with Crippen molar-refractivity contribution in [3.8, 4) is 5.88 Å². The first kappa shape index (κ1) is 13.3. The minimum Gasteiger partial charge on any atom is -0.478 e. The Kier molecular flexibility index (Phi) is 4.27. The van der Waals surface area contributed by atoms with E-state index in [0.29, 0.717) is 18.2 Å². The van der Waals surface area contributed by atoms with E-state index >= 15 is 0 Å². The second-order valence-corrected chi connectivity index (χ2v) is 3.70. The number of pyridine rings is 1. The SMILES string of the molecule is CCOc1ccc(NCc2nccn2C(F)F)cn1. The van der Waals surface area contributed by atoms with E-state index in [1.165, 1.54) is 12.4 Å². The maximum absolute atomic E-state index is 12.6. The van der Waals surface area contributed by atoms with E-state index < -0.39 is 6.55 Å². The molecular formula is C12H14F2N4O. The Bertz CT molecular complexity index is 513. The average Bonchev–Trinajstić information content (AvgIpc) is 2.87. The van der Waals surface area contributed by atoms with Crippen LogP contribution in [0.1, 0.15) is 19.3 Å². The normalized spacial score (nSPS) is 10.7. The van der Waals surface area contributed by atoms with Crippen molar-refractivity contribution in [2.24, 2.45) is 0 Å². The summed E-state index contributed by atoms with van der Waals surface area (Å²) in [7, 11) is 0. The molecule has 2 aromatic heterocycles. The third-order valence-corrected chi connectivity index (χ3v) is 2.44. The number of hydrogen-bond acceptors (Lipinski definition) is 4. The number of nitrogens with zero attached hydrogens (tertiary/aromatic N) is 3. The predicted octanol–water partition coefficient (Wildman–Crippen LogP) is 2.68. The molecule has 0 bridgehead atoms. The Morgan fingerprint density at radius 2 is 2.21 bits per heavy atom. The fourth-order valence-electron chi connectivity index (χ4n) is 1.56. The Morgan fingerprint density at radius 1 is 1.37 bits per heavy atom. The van der Waals surface area contributed by atoms with Gasteiger partial charge >= 0.3 is 6.55 Å². The van der Waals surface area contributed by atoms with Crippen LogP contribution in [0.2, 0.25) is 0 Å². The lowest BCUT2D eigenvalue weighted by Gasteiger charge is -2.09. The number of alkyl halides is 2. The molecule has 0 radical (unpaired) electrons. The van der Waals surface area contributed by atoms with Crippen molar-refractivity contribution in [2.75, 3.05) is 11.9 Å². The summed E-state index contributed by atoms with van der Waals surface area (Å²) < 4.78 is 31.2. The van der Waals surface area contributed by atoms with Crippen LogP contribution in [-0.4, -0.2) is 21.1 Å². The van der Waals surface area contributed by atoms with E-state index in [-0.39, 0.29) is 12.4 Å². The second-order valence-electron chi connectivity index (χ2n) is 3.70. The number of rotatable bonds is 6. The molecular weight excluding hydrogens is 254 g/mol. The molecule has 2 heterocycles. The van der Waals surface area contributed by atoms with Crippen LogP contribution >= 0.6 is 0 Å². The van der Waals surface area contributed by atoms with Crippen LogP contribution in [0, 0.1) is 0 Å². The standard InChI is InChI=1S/C12H14F2N4O/c1-2-19-11-4-3-9(7-17-11)16-8-10-15-5-6-18(10)12(13)14/h3-7,12,16H,2,8H2,1H3. The molecule has 0 aliphatic rings. The molecule has 0 atom stereocenters. The van der Waals surface area contributed by atoms with Crippen LogP contribution in [0.15, 0.2) is 30.7 Å². The van der Waals surface area contributed by atoms with E-state index in [2.05, 4.69) is 15.3 Å². The Hall–Kier alpha value is -2.18. The summed E-state index contributed by atoms with van der Waals surface area (Å²) in [4.78, 5) is 7.94. The van der Waals surface area contributed by atoms with E-state index in [0.717, 1.165) is 4.57 Å². The monoisotopic (exact) mass is 268 g/mol. The molecule has 19 heavy (non-hydrogen) atoms. The molecule has 2 aromatic rings. The minimum atomic E-state index is -2.59.